The van der Waals surface area contributed by atoms with Crippen LogP contribution in [0.4, 0.5) is 0 Å². The first-order valence-electron chi connectivity index (χ1n) is 3.11. The Morgan fingerprint density at radius 2 is 2.33 bits per heavy atom. The van der Waals surface area contributed by atoms with E-state index in [9.17, 15) is 4.79 Å². The Kier molecular flexibility index (Phi) is 1.45. The molecule has 1 saturated carbocycles. The molecule has 0 spiro atoms. The minimum atomic E-state index is -0.729. The molecular formula is C6H11NO2. The molecule has 3 nitrogen and oxygen atoms in total. The van der Waals surface area contributed by atoms with Crippen molar-refractivity contribution in [2.75, 3.05) is 0 Å². The van der Waals surface area contributed by atoms with Crippen LogP contribution in [-0.2, 0) is 4.79 Å². The van der Waals surface area contributed by atoms with Crippen molar-refractivity contribution in [1.82, 2.24) is 0 Å². The topological polar surface area (TPSA) is 63.3 Å². The normalized spacial score (nSPS) is 35.8. The molecule has 0 aromatic carbocycles. The highest BCUT2D eigenvalue weighted by Gasteiger charge is 2.41. The molecule has 2 unspecified atom stereocenters. The molecule has 1 aliphatic rings. The fraction of sp³-hybridized carbons (Fsp3) is 0.833. The molecular weight excluding hydrogens is 118 g/mol. The van der Waals surface area contributed by atoms with Crippen LogP contribution in [-0.4, -0.2) is 17.1 Å². The van der Waals surface area contributed by atoms with Gasteiger partial charge in [-0.15, -0.1) is 0 Å². The fourth-order valence-corrected chi connectivity index (χ4v) is 0.994. The quantitative estimate of drug-likeness (QED) is 0.554. The van der Waals surface area contributed by atoms with Crippen molar-refractivity contribution in [2.24, 2.45) is 17.6 Å². The maximum atomic E-state index is 10.3. The third kappa shape index (κ3) is 1.21. The van der Waals surface area contributed by atoms with Crippen molar-refractivity contribution < 1.29 is 9.90 Å². The van der Waals surface area contributed by atoms with Gasteiger partial charge in [-0.1, -0.05) is 6.92 Å². The molecule has 0 aliphatic heterocycles. The summed E-state index contributed by atoms with van der Waals surface area (Å²) in [5.41, 5.74) is 5.44. The number of nitrogens with two attached hydrogens (primary N) is 1. The highest BCUT2D eigenvalue weighted by Crippen LogP contribution is 2.35. The lowest BCUT2D eigenvalue weighted by Crippen LogP contribution is -2.16. The van der Waals surface area contributed by atoms with Crippen molar-refractivity contribution in [2.45, 2.75) is 19.4 Å². The standard InChI is InChI=1S/C6H11NO2/c1-3(6(8)9)4-2-5(4)7/h3-5H,2,7H2,1H3,(H,8,9)/t3-,4?,5?/m0/s1. The van der Waals surface area contributed by atoms with E-state index in [2.05, 4.69) is 0 Å². The minimum Gasteiger partial charge on any atom is -0.481 e. The number of carboxylic acid groups (broad SMARTS) is 1. The molecule has 3 atom stereocenters. The average Bonchev–Trinajstić information content (AvgIpc) is 2.44. The second kappa shape index (κ2) is 1.99. The molecule has 52 valence electrons. The second-order valence-corrected chi connectivity index (χ2v) is 2.69. The van der Waals surface area contributed by atoms with Gasteiger partial charge in [0.25, 0.3) is 0 Å². The first-order chi connectivity index (χ1) is 4.13. The number of rotatable bonds is 2. The molecule has 0 aromatic rings. The maximum absolute atomic E-state index is 10.3. The molecule has 3 N–H and O–H groups in total. The molecule has 0 heterocycles. The maximum Gasteiger partial charge on any atom is 0.306 e. The van der Waals surface area contributed by atoms with E-state index in [4.69, 9.17) is 10.8 Å². The summed E-state index contributed by atoms with van der Waals surface area (Å²) in [6, 6.07) is 0.149. The lowest BCUT2D eigenvalue weighted by molar-refractivity contribution is -0.141. The summed E-state index contributed by atoms with van der Waals surface area (Å²) in [7, 11) is 0. The number of hydrogen-bond acceptors (Lipinski definition) is 2. The molecule has 9 heavy (non-hydrogen) atoms. The van der Waals surface area contributed by atoms with Gasteiger partial charge in [0, 0.05) is 6.04 Å². The van der Waals surface area contributed by atoms with E-state index in [0.29, 0.717) is 0 Å². The monoisotopic (exact) mass is 129 g/mol. The summed E-state index contributed by atoms with van der Waals surface area (Å²) in [4.78, 5) is 10.3. The molecule has 0 aromatic heterocycles. The van der Waals surface area contributed by atoms with Crippen molar-refractivity contribution in [3.63, 3.8) is 0 Å². The predicted molar refractivity (Wildman–Crippen MR) is 32.9 cm³/mol. The molecule has 1 aliphatic carbocycles. The lowest BCUT2D eigenvalue weighted by atomic mass is 10.1. The van der Waals surface area contributed by atoms with Crippen LogP contribution in [0.5, 0.6) is 0 Å². The van der Waals surface area contributed by atoms with E-state index in [1.165, 1.54) is 0 Å². The summed E-state index contributed by atoms with van der Waals surface area (Å²) in [5.74, 6) is -0.740. The van der Waals surface area contributed by atoms with E-state index < -0.39 is 5.97 Å². The Labute approximate surface area is 53.9 Å². The summed E-state index contributed by atoms with van der Waals surface area (Å²) < 4.78 is 0. The van der Waals surface area contributed by atoms with Gasteiger partial charge < -0.3 is 10.8 Å². The van der Waals surface area contributed by atoms with Crippen molar-refractivity contribution in [3.05, 3.63) is 0 Å². The SMILES string of the molecule is C[C@H](C(=O)O)C1CC1N. The Hall–Kier alpha value is -0.570. The van der Waals surface area contributed by atoms with Crippen molar-refractivity contribution in [3.8, 4) is 0 Å². The molecule has 0 amide bonds. The van der Waals surface area contributed by atoms with Gasteiger partial charge in [0.05, 0.1) is 5.92 Å². The van der Waals surface area contributed by atoms with E-state index in [1.54, 1.807) is 6.92 Å². The highest BCUT2D eigenvalue weighted by molar-refractivity contribution is 5.70. The van der Waals surface area contributed by atoms with Crippen LogP contribution in [0.25, 0.3) is 0 Å². The average molecular weight is 129 g/mol. The summed E-state index contributed by atoms with van der Waals surface area (Å²) >= 11 is 0. The number of aliphatic carboxylic acids is 1. The molecule has 0 saturated heterocycles. The van der Waals surface area contributed by atoms with Gasteiger partial charge in [-0.3, -0.25) is 4.79 Å². The van der Waals surface area contributed by atoms with Crippen LogP contribution in [0.1, 0.15) is 13.3 Å². The van der Waals surface area contributed by atoms with Crippen molar-refractivity contribution >= 4 is 5.97 Å². The Morgan fingerprint density at radius 3 is 2.44 bits per heavy atom. The van der Waals surface area contributed by atoms with Crippen LogP contribution in [0.2, 0.25) is 0 Å². The number of carbonyl (C=O) groups is 1. The summed E-state index contributed by atoms with van der Waals surface area (Å²) in [6.07, 6.45) is 0.882. The Bertz CT molecular complexity index is 135. The number of carboxylic acids is 1. The first kappa shape index (κ1) is 6.55. The second-order valence-electron chi connectivity index (χ2n) is 2.69. The van der Waals surface area contributed by atoms with Gasteiger partial charge in [-0.2, -0.15) is 0 Å². The molecule has 1 rings (SSSR count). The minimum absolute atomic E-state index is 0.149. The van der Waals surface area contributed by atoms with E-state index in [-0.39, 0.29) is 17.9 Å². The predicted octanol–water partition coefficient (Wildman–Crippen LogP) is 0.0543. The van der Waals surface area contributed by atoms with E-state index >= 15 is 0 Å². The van der Waals surface area contributed by atoms with Crippen LogP contribution >= 0.6 is 0 Å². The van der Waals surface area contributed by atoms with Gasteiger partial charge in [0.2, 0.25) is 0 Å². The smallest absolute Gasteiger partial charge is 0.306 e. The Balaban J connectivity index is 2.36. The van der Waals surface area contributed by atoms with Crippen LogP contribution in [0.3, 0.4) is 0 Å². The molecule has 0 radical (unpaired) electrons. The van der Waals surface area contributed by atoms with Crippen LogP contribution in [0, 0.1) is 11.8 Å². The first-order valence-corrected chi connectivity index (χ1v) is 3.11. The highest BCUT2D eigenvalue weighted by atomic mass is 16.4. The van der Waals surface area contributed by atoms with Gasteiger partial charge >= 0.3 is 5.97 Å². The lowest BCUT2D eigenvalue weighted by Gasteiger charge is -2.00. The van der Waals surface area contributed by atoms with Gasteiger partial charge in [-0.25, -0.2) is 0 Å². The molecule has 1 fully saturated rings. The third-order valence-electron chi connectivity index (χ3n) is 1.92. The molecule has 3 heteroatoms. The van der Waals surface area contributed by atoms with Gasteiger partial charge in [0.1, 0.15) is 0 Å². The number of hydrogen-bond donors (Lipinski definition) is 2. The zero-order chi connectivity index (χ0) is 7.02. The van der Waals surface area contributed by atoms with Crippen molar-refractivity contribution in [1.29, 1.82) is 0 Å². The van der Waals surface area contributed by atoms with Gasteiger partial charge in [-0.05, 0) is 12.3 Å². The zero-order valence-corrected chi connectivity index (χ0v) is 5.37. The van der Waals surface area contributed by atoms with E-state index in [0.717, 1.165) is 6.42 Å². The van der Waals surface area contributed by atoms with Gasteiger partial charge in [0.15, 0.2) is 0 Å². The molecule has 0 bridgehead atoms. The zero-order valence-electron chi connectivity index (χ0n) is 5.37. The third-order valence-corrected chi connectivity index (χ3v) is 1.92. The largest absolute Gasteiger partial charge is 0.481 e. The summed E-state index contributed by atoms with van der Waals surface area (Å²) in [6.45, 7) is 1.71. The van der Waals surface area contributed by atoms with Crippen LogP contribution in [0.15, 0.2) is 0 Å². The van der Waals surface area contributed by atoms with Crippen LogP contribution < -0.4 is 5.73 Å². The van der Waals surface area contributed by atoms with E-state index in [1.807, 2.05) is 0 Å². The fourth-order valence-electron chi connectivity index (χ4n) is 0.994. The summed E-state index contributed by atoms with van der Waals surface area (Å²) in [5, 5.41) is 8.45. The Morgan fingerprint density at radius 1 is 1.89 bits per heavy atom.